The third-order valence-electron chi connectivity index (χ3n) is 18.5. The van der Waals surface area contributed by atoms with Gasteiger partial charge in [0.25, 0.3) is 0 Å². The van der Waals surface area contributed by atoms with Gasteiger partial charge >= 0.3 is 37.0 Å². The zero-order chi connectivity index (χ0) is 60.9. The van der Waals surface area contributed by atoms with E-state index in [1.54, 1.807) is 0 Å². The van der Waals surface area contributed by atoms with Crippen molar-refractivity contribution in [1.29, 1.82) is 0 Å². The summed E-state index contributed by atoms with van der Waals surface area (Å²) in [6.45, 7) is 6.90. The van der Waals surface area contributed by atoms with Crippen LogP contribution in [0, 0.1) is 88.5 Å². The van der Waals surface area contributed by atoms with E-state index in [1.807, 2.05) is 0 Å². The van der Waals surface area contributed by atoms with Crippen LogP contribution in [0.1, 0.15) is 175 Å². The number of hydrogen-bond donors (Lipinski definition) is 0. The molecule has 9 rings (SSSR count). The fraction of sp³-hybridized carbons (Fsp3) is 0.667. The third kappa shape index (κ3) is 21.0. The smallest absolute Gasteiger partial charge is 0.426 e. The molecule has 6 aliphatic carbocycles. The Morgan fingerprint density at radius 3 is 0.929 bits per heavy atom. The number of rotatable bonds is 12. The molecule has 468 valence electrons. The number of halogens is 12. The minimum Gasteiger partial charge on any atom is -0.426 e. The van der Waals surface area contributed by atoms with Crippen molar-refractivity contribution in [3.63, 3.8) is 0 Å². The van der Waals surface area contributed by atoms with Gasteiger partial charge in [-0.3, -0.25) is 14.4 Å². The molecule has 6 saturated carbocycles. The highest BCUT2D eigenvalue weighted by Gasteiger charge is 2.39. The van der Waals surface area contributed by atoms with Crippen molar-refractivity contribution in [2.45, 2.75) is 194 Å². The highest BCUT2D eigenvalue weighted by Crippen LogP contribution is 2.45. The second kappa shape index (κ2) is 29.8. The zero-order valence-corrected chi connectivity index (χ0v) is 47.8. The van der Waals surface area contributed by atoms with E-state index in [-0.39, 0.29) is 41.0 Å². The lowest BCUT2D eigenvalue weighted by Crippen LogP contribution is -2.30. The molecule has 0 radical (unpaired) electrons. The van der Waals surface area contributed by atoms with Gasteiger partial charge in [0.1, 0.15) is 23.0 Å². The maximum atomic E-state index is 13.8. The molecule has 0 saturated heterocycles. The van der Waals surface area contributed by atoms with Crippen molar-refractivity contribution in [3.05, 3.63) is 72.0 Å². The topological polar surface area (TPSA) is 107 Å². The lowest BCUT2D eigenvalue weighted by atomic mass is 9.69. The third-order valence-corrected chi connectivity index (χ3v) is 18.5. The Morgan fingerprint density at radius 2 is 0.607 bits per heavy atom. The van der Waals surface area contributed by atoms with Crippen LogP contribution in [0.4, 0.5) is 52.7 Å². The number of hydrogen-bond acceptors (Lipinski definition) is 9. The molecule has 0 spiro atoms. The first-order valence-electron chi connectivity index (χ1n) is 29.9. The number of ether oxygens (including phenoxy) is 6. The Hall–Kier alpha value is -5.37. The average molecular weight is 1210 g/mol. The summed E-state index contributed by atoms with van der Waals surface area (Å²) >= 11 is 0. The summed E-state index contributed by atoms with van der Waals surface area (Å²) in [7, 11) is 0. The van der Waals surface area contributed by atoms with Crippen LogP contribution in [-0.2, 0) is 14.4 Å². The summed E-state index contributed by atoms with van der Waals surface area (Å²) < 4.78 is 177. The van der Waals surface area contributed by atoms with Crippen LogP contribution in [-0.4, -0.2) is 37.0 Å². The van der Waals surface area contributed by atoms with Crippen molar-refractivity contribution in [2.24, 2.45) is 71.0 Å². The van der Waals surface area contributed by atoms with E-state index in [2.05, 4.69) is 35.0 Å². The largest absolute Gasteiger partial charge is 0.573 e. The highest BCUT2D eigenvalue weighted by molar-refractivity contribution is 5.76. The first-order chi connectivity index (χ1) is 39.6. The van der Waals surface area contributed by atoms with E-state index >= 15 is 0 Å². The van der Waals surface area contributed by atoms with E-state index in [1.165, 1.54) is 89.2 Å². The van der Waals surface area contributed by atoms with Gasteiger partial charge in [0.2, 0.25) is 5.75 Å². The lowest BCUT2D eigenvalue weighted by Gasteiger charge is -2.36. The van der Waals surface area contributed by atoms with Gasteiger partial charge in [0.15, 0.2) is 23.2 Å². The second-order valence-electron chi connectivity index (χ2n) is 24.6. The van der Waals surface area contributed by atoms with Gasteiger partial charge in [-0.15, -0.1) is 39.5 Å². The van der Waals surface area contributed by atoms with Gasteiger partial charge < -0.3 is 28.4 Å². The maximum Gasteiger partial charge on any atom is 0.573 e. The summed E-state index contributed by atoms with van der Waals surface area (Å²) in [6.07, 6.45) is 10.8. The number of carbonyl (C=O) groups excluding carboxylic acids is 3. The van der Waals surface area contributed by atoms with E-state index in [9.17, 15) is 67.1 Å². The quantitative estimate of drug-likeness (QED) is 0.0995. The molecule has 9 nitrogen and oxygen atoms in total. The minimum atomic E-state index is -5.23. The molecule has 0 aliphatic heterocycles. The molecule has 84 heavy (non-hydrogen) atoms. The van der Waals surface area contributed by atoms with Crippen LogP contribution in [0.2, 0.25) is 0 Å². The van der Waals surface area contributed by atoms with Gasteiger partial charge in [-0.25, -0.2) is 13.2 Å². The van der Waals surface area contributed by atoms with E-state index < -0.39 is 65.7 Å². The van der Waals surface area contributed by atoms with Crippen LogP contribution < -0.4 is 28.4 Å². The van der Waals surface area contributed by atoms with E-state index in [4.69, 9.17) is 14.2 Å². The standard InChI is InChI=1S/C21H25F5O3.C21H26F4O3.C21H27F3O3/c1-12-2-4-13(5-3-12)14-6-8-15(9-7-14)20(27)28-16-10-17(22)19(18(23)11-16)29-21(24,25)26;1-13-2-4-14(5-3-13)15-6-8-16(9-7-15)20(26)27-17-10-11-19(18(22)12-17)28-21(23,24)25;1-14-2-4-15(5-3-14)16-6-8-17(9-7-16)20(25)26-18-10-12-19(13-11-18)27-21(22,23)24/h10-15H,2-9H2,1H3;10-16H,2-9H2,1H3;10-17H,2-9H2,1H3. The number of carbonyl (C=O) groups is 3. The zero-order valence-electron chi connectivity index (χ0n) is 47.8. The van der Waals surface area contributed by atoms with Crippen LogP contribution in [0.5, 0.6) is 34.5 Å². The Kier molecular flexibility index (Phi) is 23.5. The fourth-order valence-electron chi connectivity index (χ4n) is 13.6. The predicted molar refractivity (Wildman–Crippen MR) is 286 cm³/mol. The molecule has 0 unspecified atom stereocenters. The van der Waals surface area contributed by atoms with E-state index in [0.29, 0.717) is 42.7 Å². The van der Waals surface area contributed by atoms with Crippen molar-refractivity contribution >= 4 is 17.9 Å². The van der Waals surface area contributed by atoms with Gasteiger partial charge in [0, 0.05) is 18.2 Å². The predicted octanol–water partition coefficient (Wildman–Crippen LogP) is 18.8. The molecular weight excluding hydrogens is 1130 g/mol. The summed E-state index contributed by atoms with van der Waals surface area (Å²) in [4.78, 5) is 37.1. The molecule has 6 fully saturated rings. The van der Waals surface area contributed by atoms with Gasteiger partial charge in [0.05, 0.1) is 17.8 Å². The Labute approximate surface area is 483 Å². The van der Waals surface area contributed by atoms with Crippen LogP contribution in [0.15, 0.2) is 54.6 Å². The Balaban J connectivity index is 0.000000181. The molecule has 0 atom stereocenters. The normalized spacial score (nSPS) is 28.6. The van der Waals surface area contributed by atoms with Gasteiger partial charge in [-0.2, -0.15) is 0 Å². The van der Waals surface area contributed by atoms with Gasteiger partial charge in [-0.1, -0.05) is 59.3 Å². The monoisotopic (exact) mass is 1210 g/mol. The summed E-state index contributed by atoms with van der Waals surface area (Å²) in [5.41, 5.74) is 0. The number of alkyl halides is 9. The van der Waals surface area contributed by atoms with Crippen LogP contribution in [0.25, 0.3) is 0 Å². The first kappa shape index (κ1) is 66.2. The molecule has 0 amide bonds. The molecule has 6 aliphatic rings. The maximum absolute atomic E-state index is 13.8. The highest BCUT2D eigenvalue weighted by atomic mass is 19.4. The summed E-state index contributed by atoms with van der Waals surface area (Å²) in [5.74, 6) is -2.95. The fourth-order valence-corrected chi connectivity index (χ4v) is 13.6. The summed E-state index contributed by atoms with van der Waals surface area (Å²) in [5, 5.41) is 0. The van der Waals surface area contributed by atoms with Crippen molar-refractivity contribution in [3.8, 4) is 34.5 Å². The van der Waals surface area contributed by atoms with Gasteiger partial charge in [-0.05, 0) is 205 Å². The van der Waals surface area contributed by atoms with Crippen molar-refractivity contribution in [2.75, 3.05) is 0 Å². The first-order valence-corrected chi connectivity index (χ1v) is 29.9. The molecule has 0 bridgehead atoms. The molecule has 3 aromatic rings. The SMILES string of the molecule is CC1CCC(C2CCC(C(=O)Oc3cc(F)c(OC(F)(F)F)c(F)c3)CC2)CC1.CC1CCC(C2CCC(C(=O)Oc3ccc(OC(F)(F)F)c(F)c3)CC2)CC1.CC1CCC(C2CCC(C(=O)Oc3ccc(OC(F)(F)F)cc3)CC2)CC1. The number of esters is 3. The van der Waals surface area contributed by atoms with Crippen molar-refractivity contribution in [1.82, 2.24) is 0 Å². The Bertz CT molecular complexity index is 2540. The lowest BCUT2D eigenvalue weighted by molar-refractivity contribution is -0.277. The van der Waals surface area contributed by atoms with Crippen LogP contribution >= 0.6 is 0 Å². The van der Waals surface area contributed by atoms with Crippen LogP contribution in [0.3, 0.4) is 0 Å². The molecule has 0 aromatic heterocycles. The summed E-state index contributed by atoms with van der Waals surface area (Å²) in [6, 6.07) is 8.67. The van der Waals surface area contributed by atoms with Crippen molar-refractivity contribution < 1.29 is 95.5 Å². The van der Waals surface area contributed by atoms with E-state index in [0.717, 1.165) is 130 Å². The molecular formula is C63H78F12O9. The second-order valence-corrected chi connectivity index (χ2v) is 24.6. The Morgan fingerprint density at radius 1 is 0.333 bits per heavy atom. The number of benzene rings is 3. The molecule has 0 heterocycles. The minimum absolute atomic E-state index is 0.111. The molecule has 3 aromatic carbocycles. The molecule has 0 N–H and O–H groups in total. The molecule has 21 heteroatoms. The average Bonchev–Trinajstić information content (AvgIpc) is 3.49.